The summed E-state index contributed by atoms with van der Waals surface area (Å²) in [5.74, 6) is -0.627. The summed E-state index contributed by atoms with van der Waals surface area (Å²) < 4.78 is 13.0. The Morgan fingerprint density at radius 2 is 2.19 bits per heavy atom. The van der Waals surface area contributed by atoms with E-state index < -0.39 is 6.10 Å². The second-order valence-corrected chi connectivity index (χ2v) is 4.32. The summed E-state index contributed by atoms with van der Waals surface area (Å²) in [5.41, 5.74) is 0.500. The third-order valence-electron chi connectivity index (χ3n) is 3.17. The van der Waals surface area contributed by atoms with E-state index in [1.54, 1.807) is 12.1 Å². The molecule has 0 unspecified atom stereocenters. The van der Waals surface area contributed by atoms with Crippen molar-refractivity contribution in [2.24, 2.45) is 5.92 Å². The first-order valence-electron chi connectivity index (χ1n) is 5.65. The lowest BCUT2D eigenvalue weighted by molar-refractivity contribution is -0.128. The van der Waals surface area contributed by atoms with Gasteiger partial charge in [-0.05, 0) is 30.5 Å². The van der Waals surface area contributed by atoms with Gasteiger partial charge >= 0.3 is 0 Å². The topological polar surface area (TPSA) is 37.3 Å². The predicted octanol–water partition coefficient (Wildman–Crippen LogP) is 2.62. The van der Waals surface area contributed by atoms with Gasteiger partial charge in [-0.2, -0.15) is 0 Å². The molecule has 0 aliphatic heterocycles. The largest absolute Gasteiger partial charge is 0.388 e. The smallest absolute Gasteiger partial charge is 0.138 e. The van der Waals surface area contributed by atoms with E-state index in [9.17, 15) is 14.3 Å². The van der Waals surface area contributed by atoms with Crippen molar-refractivity contribution in [3.8, 4) is 0 Å². The number of hydrogen-bond acceptors (Lipinski definition) is 2. The molecule has 0 aromatic heterocycles. The maximum atomic E-state index is 13.0. The van der Waals surface area contributed by atoms with Crippen LogP contribution in [0.3, 0.4) is 0 Å². The second-order valence-electron chi connectivity index (χ2n) is 4.32. The fourth-order valence-electron chi connectivity index (χ4n) is 2.27. The van der Waals surface area contributed by atoms with Gasteiger partial charge in [0.2, 0.25) is 0 Å². The zero-order chi connectivity index (χ0) is 11.5. The summed E-state index contributed by atoms with van der Waals surface area (Å²) in [6, 6.07) is 5.85. The predicted molar refractivity (Wildman–Crippen MR) is 58.3 cm³/mol. The van der Waals surface area contributed by atoms with Gasteiger partial charge in [0, 0.05) is 12.3 Å². The molecule has 3 heteroatoms. The Morgan fingerprint density at radius 1 is 1.38 bits per heavy atom. The van der Waals surface area contributed by atoms with Gasteiger partial charge in [-0.3, -0.25) is 4.79 Å². The molecule has 1 N–H and O–H groups in total. The average molecular weight is 222 g/mol. The number of halogens is 1. The van der Waals surface area contributed by atoms with E-state index in [1.165, 1.54) is 12.1 Å². The molecular formula is C13H15FO2. The Bertz CT molecular complexity index is 389. The molecule has 2 rings (SSSR count). The van der Waals surface area contributed by atoms with Gasteiger partial charge < -0.3 is 5.11 Å². The lowest BCUT2D eigenvalue weighted by Gasteiger charge is -2.25. The summed E-state index contributed by atoms with van der Waals surface area (Å²) in [4.78, 5) is 11.6. The Labute approximate surface area is 94.1 Å². The van der Waals surface area contributed by atoms with Crippen LogP contribution in [0.15, 0.2) is 24.3 Å². The molecule has 0 spiro atoms. The summed E-state index contributed by atoms with van der Waals surface area (Å²) in [7, 11) is 0. The van der Waals surface area contributed by atoms with E-state index in [1.807, 2.05) is 0 Å². The van der Waals surface area contributed by atoms with E-state index >= 15 is 0 Å². The quantitative estimate of drug-likeness (QED) is 0.835. The first-order valence-corrected chi connectivity index (χ1v) is 5.65. The second kappa shape index (κ2) is 4.74. The minimum absolute atomic E-state index is 0.100. The Balaban J connectivity index is 2.17. The van der Waals surface area contributed by atoms with Crippen LogP contribution in [0.2, 0.25) is 0 Å². The fourth-order valence-corrected chi connectivity index (χ4v) is 2.27. The summed E-state index contributed by atoms with van der Waals surface area (Å²) in [6.07, 6.45) is 2.25. The van der Waals surface area contributed by atoms with Crippen molar-refractivity contribution in [1.82, 2.24) is 0 Å². The molecule has 0 bridgehead atoms. The van der Waals surface area contributed by atoms with Crippen LogP contribution in [0.4, 0.5) is 4.39 Å². The molecule has 1 aromatic carbocycles. The van der Waals surface area contributed by atoms with E-state index in [0.717, 1.165) is 12.8 Å². The Hall–Kier alpha value is -1.22. The number of rotatable bonds is 2. The van der Waals surface area contributed by atoms with E-state index in [2.05, 4.69) is 0 Å². The molecule has 1 aliphatic carbocycles. The van der Waals surface area contributed by atoms with Gasteiger partial charge in [0.25, 0.3) is 0 Å². The third-order valence-corrected chi connectivity index (χ3v) is 3.17. The molecule has 0 amide bonds. The van der Waals surface area contributed by atoms with E-state index in [4.69, 9.17) is 0 Å². The summed E-state index contributed by atoms with van der Waals surface area (Å²) in [6.45, 7) is 0. The molecule has 1 saturated carbocycles. The van der Waals surface area contributed by atoms with Crippen molar-refractivity contribution in [2.75, 3.05) is 0 Å². The minimum Gasteiger partial charge on any atom is -0.388 e. The average Bonchev–Trinajstić information content (AvgIpc) is 2.29. The molecule has 0 saturated heterocycles. The molecule has 2 nitrogen and oxygen atoms in total. The maximum Gasteiger partial charge on any atom is 0.138 e. The molecule has 0 heterocycles. The van der Waals surface area contributed by atoms with Gasteiger partial charge in [-0.1, -0.05) is 18.6 Å². The summed E-state index contributed by atoms with van der Waals surface area (Å²) in [5, 5.41) is 10.1. The first kappa shape index (κ1) is 11.3. The Kier molecular flexibility index (Phi) is 3.34. The molecular weight excluding hydrogens is 207 g/mol. The van der Waals surface area contributed by atoms with E-state index in [-0.39, 0.29) is 17.5 Å². The third kappa shape index (κ3) is 2.30. The lowest BCUT2D eigenvalue weighted by Crippen LogP contribution is -2.25. The molecule has 2 atom stereocenters. The van der Waals surface area contributed by atoms with Gasteiger partial charge in [0.1, 0.15) is 11.6 Å². The van der Waals surface area contributed by atoms with Crippen LogP contribution < -0.4 is 0 Å². The molecule has 1 aliphatic rings. The highest BCUT2D eigenvalue weighted by molar-refractivity contribution is 5.82. The van der Waals surface area contributed by atoms with Crippen LogP contribution in [0.5, 0.6) is 0 Å². The highest BCUT2D eigenvalue weighted by Gasteiger charge is 2.29. The highest BCUT2D eigenvalue weighted by atomic mass is 19.1. The van der Waals surface area contributed by atoms with E-state index in [0.29, 0.717) is 18.4 Å². The van der Waals surface area contributed by atoms with Crippen LogP contribution in [0, 0.1) is 11.7 Å². The van der Waals surface area contributed by atoms with Crippen molar-refractivity contribution in [3.63, 3.8) is 0 Å². The number of Topliss-reactive ketones (excluding diaryl/α,β-unsaturated/α-hetero) is 1. The molecule has 0 radical (unpaired) electrons. The van der Waals surface area contributed by atoms with Crippen molar-refractivity contribution in [1.29, 1.82) is 0 Å². The normalized spacial score (nSPS) is 23.1. The van der Waals surface area contributed by atoms with Crippen LogP contribution in [0.25, 0.3) is 0 Å². The van der Waals surface area contributed by atoms with Gasteiger partial charge in [-0.15, -0.1) is 0 Å². The van der Waals surface area contributed by atoms with Gasteiger partial charge in [-0.25, -0.2) is 4.39 Å². The standard InChI is InChI=1S/C13H15FO2/c14-10-5-3-4-9(8-10)13(16)11-6-1-2-7-12(11)15/h3-5,8,11,13,16H,1-2,6-7H2/t11-,13+/m1/s1. The fraction of sp³-hybridized carbons (Fsp3) is 0.462. The van der Waals surface area contributed by atoms with Gasteiger partial charge in [0.05, 0.1) is 6.10 Å². The SMILES string of the molecule is O=C1CCCC[C@H]1[C@@H](O)c1cccc(F)c1. The Morgan fingerprint density at radius 3 is 2.88 bits per heavy atom. The molecule has 1 aromatic rings. The zero-order valence-electron chi connectivity index (χ0n) is 9.03. The number of hydrogen-bond donors (Lipinski definition) is 1. The molecule has 16 heavy (non-hydrogen) atoms. The maximum absolute atomic E-state index is 13.0. The van der Waals surface area contributed by atoms with Crippen molar-refractivity contribution < 1.29 is 14.3 Å². The first-order chi connectivity index (χ1) is 7.68. The number of ketones is 1. The van der Waals surface area contributed by atoms with Crippen LogP contribution in [0.1, 0.15) is 37.4 Å². The number of carbonyl (C=O) groups is 1. The molecule has 1 fully saturated rings. The monoisotopic (exact) mass is 222 g/mol. The lowest BCUT2D eigenvalue weighted by atomic mass is 9.82. The number of carbonyl (C=O) groups excluding carboxylic acids is 1. The minimum atomic E-state index is -0.858. The van der Waals surface area contributed by atoms with Gasteiger partial charge in [0.15, 0.2) is 0 Å². The number of aliphatic hydroxyl groups excluding tert-OH is 1. The van der Waals surface area contributed by atoms with Crippen LogP contribution in [-0.4, -0.2) is 10.9 Å². The summed E-state index contributed by atoms with van der Waals surface area (Å²) >= 11 is 0. The highest BCUT2D eigenvalue weighted by Crippen LogP contribution is 2.32. The number of benzene rings is 1. The zero-order valence-corrected chi connectivity index (χ0v) is 9.03. The molecule has 86 valence electrons. The van der Waals surface area contributed by atoms with Crippen molar-refractivity contribution in [3.05, 3.63) is 35.6 Å². The van der Waals surface area contributed by atoms with Crippen molar-refractivity contribution in [2.45, 2.75) is 31.8 Å². The van der Waals surface area contributed by atoms with Crippen molar-refractivity contribution >= 4 is 5.78 Å². The number of aliphatic hydroxyl groups is 1. The van der Waals surface area contributed by atoms with Crippen LogP contribution in [-0.2, 0) is 4.79 Å². The van der Waals surface area contributed by atoms with Crippen LogP contribution >= 0.6 is 0 Å².